The Bertz CT molecular complexity index is 335. The van der Waals surface area contributed by atoms with Crippen LogP contribution in [0.1, 0.15) is 69.3 Å². The van der Waals surface area contributed by atoms with E-state index in [0.29, 0.717) is 5.92 Å². The van der Waals surface area contributed by atoms with Crippen LogP contribution in [-0.2, 0) is 6.54 Å². The van der Waals surface area contributed by atoms with Crippen LogP contribution in [0.15, 0.2) is 6.07 Å². The van der Waals surface area contributed by atoms with Gasteiger partial charge in [0.1, 0.15) is 0 Å². The summed E-state index contributed by atoms with van der Waals surface area (Å²) in [7, 11) is 0. The Hall–Kier alpha value is -0.830. The Morgan fingerprint density at radius 1 is 1.50 bits per heavy atom. The lowest BCUT2D eigenvalue weighted by molar-refractivity contribution is 0.539. The summed E-state index contributed by atoms with van der Waals surface area (Å²) in [6.07, 6.45) is 6.45. The quantitative estimate of drug-likeness (QED) is 0.849. The van der Waals surface area contributed by atoms with Gasteiger partial charge >= 0.3 is 0 Å². The molecule has 1 saturated carbocycles. The minimum absolute atomic E-state index is 0.0919. The second kappa shape index (κ2) is 5.00. The van der Waals surface area contributed by atoms with Crippen LogP contribution in [0, 0.1) is 0 Å². The first-order chi connectivity index (χ1) is 7.72. The molecule has 2 rings (SSSR count). The smallest absolute Gasteiger partial charge is 0.0659 e. The second-order valence-electron chi connectivity index (χ2n) is 4.99. The molecule has 1 heterocycles. The molecular formula is C13H23N3. The van der Waals surface area contributed by atoms with Crippen molar-refractivity contribution in [3.8, 4) is 0 Å². The molecule has 0 saturated heterocycles. The van der Waals surface area contributed by atoms with Crippen molar-refractivity contribution >= 4 is 0 Å². The van der Waals surface area contributed by atoms with E-state index in [9.17, 15) is 0 Å². The van der Waals surface area contributed by atoms with E-state index in [-0.39, 0.29) is 6.04 Å². The molecule has 1 aromatic rings. The molecule has 0 radical (unpaired) electrons. The zero-order chi connectivity index (χ0) is 11.5. The normalized spacial score (nSPS) is 19.2. The molecule has 0 aromatic carbocycles. The number of nitrogens with two attached hydrogens (primary N) is 1. The highest BCUT2D eigenvalue weighted by molar-refractivity contribution is 5.18. The van der Waals surface area contributed by atoms with Gasteiger partial charge in [-0.3, -0.25) is 4.68 Å². The van der Waals surface area contributed by atoms with Gasteiger partial charge < -0.3 is 5.73 Å². The Balaban J connectivity index is 2.22. The minimum Gasteiger partial charge on any atom is -0.323 e. The van der Waals surface area contributed by atoms with Crippen molar-refractivity contribution in [3.05, 3.63) is 17.5 Å². The molecule has 1 aliphatic carbocycles. The molecule has 1 atom stereocenters. The summed E-state index contributed by atoms with van der Waals surface area (Å²) in [6, 6.07) is 2.32. The van der Waals surface area contributed by atoms with Crippen molar-refractivity contribution in [2.45, 2.75) is 64.5 Å². The molecule has 16 heavy (non-hydrogen) atoms. The third kappa shape index (κ3) is 2.29. The van der Waals surface area contributed by atoms with Gasteiger partial charge in [0.05, 0.1) is 11.4 Å². The third-order valence-corrected chi connectivity index (χ3v) is 3.51. The average Bonchev–Trinajstić information content (AvgIpc) is 2.83. The lowest BCUT2D eigenvalue weighted by Crippen LogP contribution is -2.13. The predicted octanol–water partition coefficient (Wildman–Crippen LogP) is 2.97. The highest BCUT2D eigenvalue weighted by atomic mass is 15.3. The molecule has 0 bridgehead atoms. The summed E-state index contributed by atoms with van der Waals surface area (Å²) < 4.78 is 2.11. The van der Waals surface area contributed by atoms with Gasteiger partial charge in [0.25, 0.3) is 0 Å². The Kier molecular flexibility index (Phi) is 3.64. The fourth-order valence-corrected chi connectivity index (χ4v) is 2.63. The van der Waals surface area contributed by atoms with Crippen molar-refractivity contribution in [2.75, 3.05) is 0 Å². The van der Waals surface area contributed by atoms with Gasteiger partial charge in [-0.1, -0.05) is 19.8 Å². The molecular weight excluding hydrogens is 198 g/mol. The van der Waals surface area contributed by atoms with Gasteiger partial charge in [-0.05, 0) is 32.3 Å². The molecule has 0 amide bonds. The topological polar surface area (TPSA) is 43.8 Å². The van der Waals surface area contributed by atoms with Gasteiger partial charge in [-0.2, -0.15) is 5.10 Å². The van der Waals surface area contributed by atoms with Crippen LogP contribution in [-0.4, -0.2) is 9.78 Å². The van der Waals surface area contributed by atoms with E-state index in [1.165, 1.54) is 37.1 Å². The molecule has 0 spiro atoms. The van der Waals surface area contributed by atoms with Crippen molar-refractivity contribution in [1.82, 2.24) is 9.78 Å². The van der Waals surface area contributed by atoms with E-state index in [1.807, 2.05) is 6.92 Å². The van der Waals surface area contributed by atoms with Crippen LogP contribution in [0.2, 0.25) is 0 Å². The van der Waals surface area contributed by atoms with Crippen LogP contribution in [0.3, 0.4) is 0 Å². The van der Waals surface area contributed by atoms with Crippen LogP contribution in [0.25, 0.3) is 0 Å². The molecule has 2 N–H and O–H groups in total. The SMILES string of the molecule is CCCn1nc(C2CCCC2)cc1[C@H](C)N. The Morgan fingerprint density at radius 2 is 2.19 bits per heavy atom. The first-order valence-electron chi connectivity index (χ1n) is 6.55. The van der Waals surface area contributed by atoms with E-state index in [1.54, 1.807) is 0 Å². The van der Waals surface area contributed by atoms with Crippen molar-refractivity contribution in [2.24, 2.45) is 5.73 Å². The van der Waals surface area contributed by atoms with Crippen molar-refractivity contribution in [1.29, 1.82) is 0 Å². The molecule has 3 heteroatoms. The maximum absolute atomic E-state index is 6.00. The van der Waals surface area contributed by atoms with Gasteiger partial charge in [0.2, 0.25) is 0 Å². The van der Waals surface area contributed by atoms with Gasteiger partial charge in [0.15, 0.2) is 0 Å². The fourth-order valence-electron chi connectivity index (χ4n) is 2.63. The van der Waals surface area contributed by atoms with E-state index < -0.39 is 0 Å². The lowest BCUT2D eigenvalue weighted by Gasteiger charge is -2.08. The Morgan fingerprint density at radius 3 is 2.75 bits per heavy atom. The summed E-state index contributed by atoms with van der Waals surface area (Å²) in [5.74, 6) is 0.690. The standard InChI is InChI=1S/C13H23N3/c1-3-8-16-13(10(2)14)9-12(15-16)11-6-4-5-7-11/h9-11H,3-8,14H2,1-2H3/t10-/m0/s1. The van der Waals surface area contributed by atoms with E-state index in [0.717, 1.165) is 13.0 Å². The molecule has 1 aromatic heterocycles. The lowest BCUT2D eigenvalue weighted by atomic mass is 10.0. The maximum atomic E-state index is 6.00. The van der Waals surface area contributed by atoms with Gasteiger partial charge in [-0.25, -0.2) is 0 Å². The maximum Gasteiger partial charge on any atom is 0.0659 e. The monoisotopic (exact) mass is 221 g/mol. The minimum atomic E-state index is 0.0919. The number of aryl methyl sites for hydroxylation is 1. The first kappa shape index (κ1) is 11.6. The van der Waals surface area contributed by atoms with Gasteiger partial charge in [0, 0.05) is 18.5 Å². The summed E-state index contributed by atoms with van der Waals surface area (Å²) in [6.45, 7) is 5.22. The highest BCUT2D eigenvalue weighted by Crippen LogP contribution is 2.34. The number of nitrogens with zero attached hydrogens (tertiary/aromatic N) is 2. The second-order valence-corrected chi connectivity index (χ2v) is 4.99. The molecule has 0 unspecified atom stereocenters. The zero-order valence-electron chi connectivity index (χ0n) is 10.4. The molecule has 0 aliphatic heterocycles. The number of aromatic nitrogens is 2. The van der Waals surface area contributed by atoms with Crippen molar-refractivity contribution < 1.29 is 0 Å². The zero-order valence-corrected chi connectivity index (χ0v) is 10.4. The predicted molar refractivity (Wildman–Crippen MR) is 66.3 cm³/mol. The van der Waals surface area contributed by atoms with Crippen LogP contribution in [0.4, 0.5) is 0 Å². The van der Waals surface area contributed by atoms with E-state index >= 15 is 0 Å². The first-order valence-corrected chi connectivity index (χ1v) is 6.55. The van der Waals surface area contributed by atoms with Crippen LogP contribution >= 0.6 is 0 Å². The van der Waals surface area contributed by atoms with Crippen molar-refractivity contribution in [3.63, 3.8) is 0 Å². The van der Waals surface area contributed by atoms with Crippen LogP contribution in [0.5, 0.6) is 0 Å². The summed E-state index contributed by atoms with van der Waals surface area (Å²) in [5, 5.41) is 4.74. The molecule has 3 nitrogen and oxygen atoms in total. The Labute approximate surface area is 98.0 Å². The largest absolute Gasteiger partial charge is 0.323 e. The molecule has 1 fully saturated rings. The fraction of sp³-hybridized carbons (Fsp3) is 0.769. The molecule has 1 aliphatic rings. The van der Waals surface area contributed by atoms with Crippen LogP contribution < -0.4 is 5.73 Å². The summed E-state index contributed by atoms with van der Waals surface area (Å²) in [4.78, 5) is 0. The molecule has 90 valence electrons. The number of hydrogen-bond acceptors (Lipinski definition) is 2. The van der Waals surface area contributed by atoms with E-state index in [4.69, 9.17) is 10.8 Å². The number of hydrogen-bond donors (Lipinski definition) is 1. The summed E-state index contributed by atoms with van der Waals surface area (Å²) >= 11 is 0. The van der Waals surface area contributed by atoms with E-state index in [2.05, 4.69) is 17.7 Å². The number of rotatable bonds is 4. The average molecular weight is 221 g/mol. The van der Waals surface area contributed by atoms with Gasteiger partial charge in [-0.15, -0.1) is 0 Å². The highest BCUT2D eigenvalue weighted by Gasteiger charge is 2.21. The third-order valence-electron chi connectivity index (χ3n) is 3.51. The summed E-state index contributed by atoms with van der Waals surface area (Å²) in [5.41, 5.74) is 8.47.